The molecule has 0 saturated carbocycles. The summed E-state index contributed by atoms with van der Waals surface area (Å²) >= 11 is 0. The van der Waals surface area contributed by atoms with Crippen LogP contribution in [0.3, 0.4) is 0 Å². The van der Waals surface area contributed by atoms with E-state index < -0.39 is 0 Å². The van der Waals surface area contributed by atoms with Crippen molar-refractivity contribution in [2.24, 2.45) is 0 Å². The molecule has 34 heavy (non-hydrogen) atoms. The molecule has 0 aliphatic rings. The van der Waals surface area contributed by atoms with E-state index in [1.807, 2.05) is 48.5 Å². The summed E-state index contributed by atoms with van der Waals surface area (Å²) in [6.07, 6.45) is 0. The molecule has 0 atom stereocenters. The minimum atomic E-state index is 0.518. The van der Waals surface area contributed by atoms with Crippen LogP contribution in [0.25, 0.3) is 32.3 Å². The fourth-order valence-corrected chi connectivity index (χ4v) is 4.60. The Bertz CT molecular complexity index is 1590. The lowest BCUT2D eigenvalue weighted by molar-refractivity contribution is 0.303. The zero-order chi connectivity index (χ0) is 22.7. The van der Waals surface area contributed by atoms with Crippen LogP contribution in [-0.4, -0.2) is 0 Å². The molecular weight excluding hydrogens is 416 g/mol. The maximum atomic E-state index is 6.39. The highest BCUT2D eigenvalue weighted by Crippen LogP contribution is 2.40. The van der Waals surface area contributed by atoms with Crippen molar-refractivity contribution in [2.45, 2.75) is 13.2 Å². The van der Waals surface area contributed by atoms with E-state index in [9.17, 15) is 0 Å². The molecule has 0 heterocycles. The van der Waals surface area contributed by atoms with Crippen LogP contribution in [0.4, 0.5) is 0 Å². The second-order valence-electron chi connectivity index (χ2n) is 8.48. The maximum absolute atomic E-state index is 6.39. The summed E-state index contributed by atoms with van der Waals surface area (Å²) in [6.45, 7) is 1.04. The average Bonchev–Trinajstić information content (AvgIpc) is 2.91. The maximum Gasteiger partial charge on any atom is 0.128 e. The number of ether oxygens (including phenoxy) is 2. The summed E-state index contributed by atoms with van der Waals surface area (Å²) in [5, 5.41) is 7.01. The number of fused-ring (bicyclic) bond motifs is 5. The van der Waals surface area contributed by atoms with E-state index >= 15 is 0 Å². The molecule has 0 amide bonds. The van der Waals surface area contributed by atoms with Gasteiger partial charge in [-0.25, -0.2) is 0 Å². The van der Waals surface area contributed by atoms with Crippen LogP contribution in [0.15, 0.2) is 121 Å². The van der Waals surface area contributed by atoms with Crippen LogP contribution in [-0.2, 0) is 13.2 Å². The lowest BCUT2D eigenvalue weighted by atomic mass is 9.96. The molecule has 6 aromatic rings. The van der Waals surface area contributed by atoms with Crippen LogP contribution in [0.5, 0.6) is 11.5 Å². The van der Waals surface area contributed by atoms with Gasteiger partial charge in [-0.1, -0.05) is 103 Å². The zero-order valence-electron chi connectivity index (χ0n) is 18.8. The summed E-state index contributed by atoms with van der Waals surface area (Å²) in [7, 11) is 0. The van der Waals surface area contributed by atoms with E-state index in [-0.39, 0.29) is 0 Å². The summed E-state index contributed by atoms with van der Waals surface area (Å²) in [5.41, 5.74) is 2.29. The summed E-state index contributed by atoms with van der Waals surface area (Å²) in [6, 6.07) is 41.9. The first-order valence-corrected chi connectivity index (χ1v) is 11.6. The van der Waals surface area contributed by atoms with E-state index in [4.69, 9.17) is 9.47 Å². The highest BCUT2D eigenvalue weighted by atomic mass is 16.5. The zero-order valence-corrected chi connectivity index (χ0v) is 18.8. The Balaban J connectivity index is 1.49. The van der Waals surface area contributed by atoms with Crippen molar-refractivity contribution in [3.63, 3.8) is 0 Å². The molecule has 0 aliphatic heterocycles. The van der Waals surface area contributed by atoms with E-state index in [1.165, 1.54) is 21.5 Å². The highest BCUT2D eigenvalue weighted by Gasteiger charge is 2.14. The Morgan fingerprint density at radius 3 is 1.68 bits per heavy atom. The first-order chi connectivity index (χ1) is 16.9. The van der Waals surface area contributed by atoms with Crippen molar-refractivity contribution in [1.82, 2.24) is 0 Å². The van der Waals surface area contributed by atoms with E-state index in [1.54, 1.807) is 0 Å². The molecule has 164 valence electrons. The molecule has 0 saturated heterocycles. The molecule has 2 heteroatoms. The van der Waals surface area contributed by atoms with Crippen LogP contribution < -0.4 is 9.47 Å². The van der Waals surface area contributed by atoms with Gasteiger partial charge in [0.2, 0.25) is 0 Å². The standard InChI is InChI=1S/C32H24O2/c1-3-9-23(10-4-1)21-33-30-19-20-31(34-22-24-11-5-2-6-12-24)32-28-16-15-25-13-7-8-14-26(25)27(28)17-18-29(30)32/h1-20H,21-22H2. The first kappa shape index (κ1) is 20.3. The average molecular weight is 441 g/mol. The first-order valence-electron chi connectivity index (χ1n) is 11.6. The van der Waals surface area contributed by atoms with Gasteiger partial charge in [0.25, 0.3) is 0 Å². The lowest BCUT2D eigenvalue weighted by Gasteiger charge is -2.16. The molecule has 0 fully saturated rings. The minimum absolute atomic E-state index is 0.518. The number of hydrogen-bond donors (Lipinski definition) is 0. The predicted molar refractivity (Wildman–Crippen MR) is 141 cm³/mol. The second-order valence-corrected chi connectivity index (χ2v) is 8.48. The Morgan fingerprint density at radius 2 is 0.941 bits per heavy atom. The molecule has 6 aromatic carbocycles. The molecule has 0 N–H and O–H groups in total. The summed E-state index contributed by atoms with van der Waals surface area (Å²) in [5.74, 6) is 1.73. The van der Waals surface area contributed by atoms with Gasteiger partial charge in [0.05, 0.1) is 0 Å². The molecule has 0 aliphatic carbocycles. The molecular formula is C32H24O2. The van der Waals surface area contributed by atoms with Gasteiger partial charge in [0.1, 0.15) is 24.7 Å². The molecule has 2 nitrogen and oxygen atoms in total. The Kier molecular flexibility index (Phi) is 5.33. The highest BCUT2D eigenvalue weighted by molar-refractivity contribution is 6.19. The van der Waals surface area contributed by atoms with Crippen LogP contribution >= 0.6 is 0 Å². The van der Waals surface area contributed by atoms with Gasteiger partial charge in [-0.15, -0.1) is 0 Å². The number of hydrogen-bond acceptors (Lipinski definition) is 2. The Morgan fingerprint density at radius 1 is 0.382 bits per heavy atom. The third-order valence-corrected chi connectivity index (χ3v) is 6.30. The fourth-order valence-electron chi connectivity index (χ4n) is 4.60. The molecule has 0 unspecified atom stereocenters. The molecule has 0 aromatic heterocycles. The molecule has 6 rings (SSSR count). The largest absolute Gasteiger partial charge is 0.488 e. The van der Waals surface area contributed by atoms with E-state index in [0.29, 0.717) is 13.2 Å². The van der Waals surface area contributed by atoms with Crippen LogP contribution in [0.1, 0.15) is 11.1 Å². The number of benzene rings is 6. The van der Waals surface area contributed by atoms with Crippen molar-refractivity contribution >= 4 is 32.3 Å². The third-order valence-electron chi connectivity index (χ3n) is 6.30. The summed E-state index contributed by atoms with van der Waals surface area (Å²) < 4.78 is 12.7. The van der Waals surface area contributed by atoms with Crippen molar-refractivity contribution in [3.8, 4) is 11.5 Å². The summed E-state index contributed by atoms with van der Waals surface area (Å²) in [4.78, 5) is 0. The second kappa shape index (κ2) is 8.92. The van der Waals surface area contributed by atoms with Crippen molar-refractivity contribution in [1.29, 1.82) is 0 Å². The van der Waals surface area contributed by atoms with Crippen LogP contribution in [0, 0.1) is 0 Å². The lowest BCUT2D eigenvalue weighted by Crippen LogP contribution is -1.99. The SMILES string of the molecule is c1ccc(COc2ccc(OCc3ccccc3)c3c2ccc2c4ccccc4ccc23)cc1. The molecule has 0 bridgehead atoms. The van der Waals surface area contributed by atoms with Crippen molar-refractivity contribution < 1.29 is 9.47 Å². The van der Waals surface area contributed by atoms with Crippen LogP contribution in [0.2, 0.25) is 0 Å². The monoisotopic (exact) mass is 440 g/mol. The minimum Gasteiger partial charge on any atom is -0.488 e. The predicted octanol–water partition coefficient (Wildman–Crippen LogP) is 8.30. The van der Waals surface area contributed by atoms with E-state index in [2.05, 4.69) is 72.8 Å². The van der Waals surface area contributed by atoms with Gasteiger partial charge < -0.3 is 9.47 Å². The third kappa shape index (κ3) is 3.84. The number of rotatable bonds is 6. The smallest absolute Gasteiger partial charge is 0.128 e. The fraction of sp³-hybridized carbons (Fsp3) is 0.0625. The van der Waals surface area contributed by atoms with Gasteiger partial charge in [-0.3, -0.25) is 0 Å². The van der Waals surface area contributed by atoms with Gasteiger partial charge in [0, 0.05) is 10.8 Å². The van der Waals surface area contributed by atoms with Gasteiger partial charge >= 0.3 is 0 Å². The Labute approximate surface area is 199 Å². The molecule has 0 spiro atoms. The molecule has 0 radical (unpaired) electrons. The Hall–Kier alpha value is -4.30. The van der Waals surface area contributed by atoms with Crippen molar-refractivity contribution in [2.75, 3.05) is 0 Å². The quantitative estimate of drug-likeness (QED) is 0.243. The van der Waals surface area contributed by atoms with Gasteiger partial charge in [-0.05, 0) is 50.9 Å². The van der Waals surface area contributed by atoms with Gasteiger partial charge in [-0.2, -0.15) is 0 Å². The normalized spacial score (nSPS) is 11.2. The van der Waals surface area contributed by atoms with E-state index in [0.717, 1.165) is 33.4 Å². The topological polar surface area (TPSA) is 18.5 Å². The van der Waals surface area contributed by atoms with Crippen molar-refractivity contribution in [3.05, 3.63) is 132 Å². The van der Waals surface area contributed by atoms with Gasteiger partial charge in [0.15, 0.2) is 0 Å².